The molecule has 0 aromatic heterocycles. The Morgan fingerprint density at radius 2 is 1.59 bits per heavy atom. The molecule has 0 saturated carbocycles. The van der Waals surface area contributed by atoms with E-state index in [9.17, 15) is 19.2 Å². The van der Waals surface area contributed by atoms with Gasteiger partial charge in [0.2, 0.25) is 11.8 Å². The summed E-state index contributed by atoms with van der Waals surface area (Å²) in [4.78, 5) is 53.1. The molecule has 1 fully saturated rings. The van der Waals surface area contributed by atoms with Gasteiger partial charge in [0.1, 0.15) is 24.2 Å². The fraction of sp³-hybridized carbons (Fsp3) is 0.429. The van der Waals surface area contributed by atoms with Gasteiger partial charge in [0, 0.05) is 13.0 Å². The lowest BCUT2D eigenvalue weighted by Gasteiger charge is -2.39. The van der Waals surface area contributed by atoms with Crippen molar-refractivity contribution < 1.29 is 28.7 Å². The van der Waals surface area contributed by atoms with Gasteiger partial charge in [-0.2, -0.15) is 0 Å². The lowest BCUT2D eigenvalue weighted by molar-refractivity contribution is -0.157. The highest BCUT2D eigenvalue weighted by Gasteiger charge is 2.41. The van der Waals surface area contributed by atoms with Crippen LogP contribution in [-0.4, -0.2) is 60.1 Å². The average molecular weight is 510 g/mol. The number of nitrogens with one attached hydrogen (secondary N) is 2. The molecule has 3 amide bonds. The van der Waals surface area contributed by atoms with Crippen LogP contribution in [0.3, 0.4) is 0 Å². The van der Waals surface area contributed by atoms with Gasteiger partial charge in [-0.15, -0.1) is 0 Å². The molecule has 1 aliphatic heterocycles. The summed E-state index contributed by atoms with van der Waals surface area (Å²) in [6.45, 7) is 3.63. The number of benzene rings is 2. The number of esters is 1. The first-order chi connectivity index (χ1) is 17.7. The van der Waals surface area contributed by atoms with Crippen LogP contribution in [0.2, 0.25) is 0 Å². The Kier molecular flexibility index (Phi) is 9.65. The zero-order valence-corrected chi connectivity index (χ0v) is 21.6. The van der Waals surface area contributed by atoms with Gasteiger partial charge in [-0.05, 0) is 44.2 Å². The summed E-state index contributed by atoms with van der Waals surface area (Å²) in [5.74, 6) is -1.40. The zero-order chi connectivity index (χ0) is 26.8. The van der Waals surface area contributed by atoms with Gasteiger partial charge in [0.15, 0.2) is 0 Å². The fourth-order valence-electron chi connectivity index (χ4n) is 4.33. The van der Waals surface area contributed by atoms with Crippen LogP contribution >= 0.6 is 0 Å². The van der Waals surface area contributed by atoms with Gasteiger partial charge in [-0.3, -0.25) is 9.59 Å². The van der Waals surface area contributed by atoms with Crippen molar-refractivity contribution >= 4 is 23.9 Å². The molecule has 0 bridgehead atoms. The Morgan fingerprint density at radius 3 is 2.22 bits per heavy atom. The van der Waals surface area contributed by atoms with E-state index in [0.29, 0.717) is 13.0 Å². The van der Waals surface area contributed by atoms with Gasteiger partial charge in [-0.1, -0.05) is 60.7 Å². The van der Waals surface area contributed by atoms with E-state index in [1.54, 1.807) is 13.8 Å². The summed E-state index contributed by atoms with van der Waals surface area (Å²) in [5, 5.41) is 5.42. The van der Waals surface area contributed by atoms with E-state index in [1.165, 1.54) is 12.0 Å². The molecular weight excluding hydrogens is 474 g/mol. The number of hydrogen-bond donors (Lipinski definition) is 2. The van der Waals surface area contributed by atoms with Crippen molar-refractivity contribution in [3.8, 4) is 0 Å². The highest BCUT2D eigenvalue weighted by Crippen LogP contribution is 2.22. The van der Waals surface area contributed by atoms with Crippen LogP contribution in [0.5, 0.6) is 0 Å². The lowest BCUT2D eigenvalue weighted by Crippen LogP contribution is -2.63. The van der Waals surface area contributed by atoms with Gasteiger partial charge in [-0.25, -0.2) is 9.59 Å². The third kappa shape index (κ3) is 7.80. The Bertz CT molecular complexity index is 1070. The molecule has 2 N–H and O–H groups in total. The van der Waals surface area contributed by atoms with Crippen molar-refractivity contribution in [2.24, 2.45) is 0 Å². The molecular formula is C28H35N3O6. The quantitative estimate of drug-likeness (QED) is 0.503. The molecule has 1 heterocycles. The minimum Gasteiger partial charge on any atom is -0.467 e. The smallest absolute Gasteiger partial charge is 0.408 e. The Hall–Kier alpha value is -3.88. The van der Waals surface area contributed by atoms with Crippen molar-refractivity contribution in [3.05, 3.63) is 71.8 Å². The normalized spacial score (nSPS) is 16.3. The zero-order valence-electron chi connectivity index (χ0n) is 21.6. The first kappa shape index (κ1) is 27.7. The number of ether oxygens (including phenoxy) is 2. The molecule has 2 atom stereocenters. The largest absolute Gasteiger partial charge is 0.467 e. The summed E-state index contributed by atoms with van der Waals surface area (Å²) in [6.07, 6.45) is 1.53. The number of carbonyl (C=O) groups is 4. The fourth-order valence-corrected chi connectivity index (χ4v) is 4.33. The lowest BCUT2D eigenvalue weighted by atomic mass is 9.95. The van der Waals surface area contributed by atoms with Crippen LogP contribution in [0.25, 0.3) is 0 Å². The molecule has 9 heteroatoms. The monoisotopic (exact) mass is 509 g/mol. The van der Waals surface area contributed by atoms with Crippen LogP contribution in [0, 0.1) is 0 Å². The summed E-state index contributed by atoms with van der Waals surface area (Å²) in [5.41, 5.74) is 0.317. The number of nitrogens with zero attached hydrogens (tertiary/aromatic N) is 1. The Labute approximate surface area is 217 Å². The number of piperidine rings is 1. The third-order valence-corrected chi connectivity index (χ3v) is 6.31. The minimum absolute atomic E-state index is 0.0558. The summed E-state index contributed by atoms with van der Waals surface area (Å²) in [7, 11) is 1.29. The molecule has 9 nitrogen and oxygen atoms in total. The van der Waals surface area contributed by atoms with Crippen LogP contribution in [-0.2, 0) is 36.9 Å². The van der Waals surface area contributed by atoms with Crippen molar-refractivity contribution in [1.29, 1.82) is 0 Å². The first-order valence-corrected chi connectivity index (χ1v) is 12.4. The van der Waals surface area contributed by atoms with E-state index < -0.39 is 35.6 Å². The van der Waals surface area contributed by atoms with Crippen LogP contribution < -0.4 is 10.6 Å². The number of methoxy groups -OCH3 is 1. The summed E-state index contributed by atoms with van der Waals surface area (Å²) >= 11 is 0. The standard InChI is InChI=1S/C28H35N3O6/c1-28(2,26(34)31-17-11-10-16-23(31)25(33)36-3)30-24(32)22(18-20-12-6-4-7-13-20)29-27(35)37-19-21-14-8-5-9-15-21/h4-9,12-15,22-23H,10-11,16-19H2,1-3H3,(H,29,35)(H,30,32)/t22-,23-/m0/s1. The molecule has 1 saturated heterocycles. The van der Waals surface area contributed by atoms with E-state index in [4.69, 9.17) is 9.47 Å². The van der Waals surface area contributed by atoms with Crippen LogP contribution in [0.15, 0.2) is 60.7 Å². The first-order valence-electron chi connectivity index (χ1n) is 12.4. The predicted octanol–water partition coefficient (Wildman–Crippen LogP) is 2.97. The van der Waals surface area contributed by atoms with Crippen molar-refractivity contribution in [2.45, 2.75) is 63.8 Å². The maximum Gasteiger partial charge on any atom is 0.408 e. The second-order valence-electron chi connectivity index (χ2n) is 9.60. The minimum atomic E-state index is -1.33. The molecule has 2 aromatic carbocycles. The van der Waals surface area contributed by atoms with E-state index in [2.05, 4.69) is 10.6 Å². The van der Waals surface area contributed by atoms with Gasteiger partial charge in [0.05, 0.1) is 7.11 Å². The van der Waals surface area contributed by atoms with Gasteiger partial charge >= 0.3 is 12.1 Å². The van der Waals surface area contributed by atoms with E-state index in [0.717, 1.165) is 24.0 Å². The van der Waals surface area contributed by atoms with Gasteiger partial charge < -0.3 is 25.0 Å². The van der Waals surface area contributed by atoms with E-state index >= 15 is 0 Å². The second-order valence-corrected chi connectivity index (χ2v) is 9.60. The molecule has 1 aliphatic rings. The number of carbonyl (C=O) groups excluding carboxylic acids is 4. The summed E-state index contributed by atoms with van der Waals surface area (Å²) < 4.78 is 10.2. The highest BCUT2D eigenvalue weighted by atomic mass is 16.5. The maximum absolute atomic E-state index is 13.4. The highest BCUT2D eigenvalue weighted by molar-refractivity contribution is 5.95. The van der Waals surface area contributed by atoms with Crippen molar-refractivity contribution in [3.63, 3.8) is 0 Å². The molecule has 2 aromatic rings. The SMILES string of the molecule is COC(=O)[C@@H]1CCCCN1C(=O)C(C)(C)NC(=O)[C@H](Cc1ccccc1)NC(=O)OCc1ccccc1. The summed E-state index contributed by atoms with van der Waals surface area (Å²) in [6, 6.07) is 16.8. The molecule has 0 unspecified atom stereocenters. The molecule has 198 valence electrons. The van der Waals surface area contributed by atoms with Crippen molar-refractivity contribution in [2.75, 3.05) is 13.7 Å². The molecule has 3 rings (SSSR count). The number of likely N-dealkylation sites (tertiary alicyclic amines) is 1. The maximum atomic E-state index is 13.4. The van der Waals surface area contributed by atoms with Crippen molar-refractivity contribution in [1.82, 2.24) is 15.5 Å². The van der Waals surface area contributed by atoms with E-state index in [1.807, 2.05) is 60.7 Å². The Morgan fingerprint density at radius 1 is 0.973 bits per heavy atom. The molecule has 0 aliphatic carbocycles. The average Bonchev–Trinajstić information content (AvgIpc) is 2.91. The second kappa shape index (κ2) is 12.9. The molecule has 0 spiro atoms. The van der Waals surface area contributed by atoms with E-state index in [-0.39, 0.29) is 18.9 Å². The number of rotatable bonds is 9. The van der Waals surface area contributed by atoms with Crippen LogP contribution in [0.1, 0.15) is 44.2 Å². The predicted molar refractivity (Wildman–Crippen MR) is 137 cm³/mol. The third-order valence-electron chi connectivity index (χ3n) is 6.31. The number of hydrogen-bond acceptors (Lipinski definition) is 6. The number of alkyl carbamates (subject to hydrolysis) is 1. The van der Waals surface area contributed by atoms with Gasteiger partial charge in [0.25, 0.3) is 0 Å². The van der Waals surface area contributed by atoms with Crippen LogP contribution in [0.4, 0.5) is 4.79 Å². The number of amides is 3. The molecule has 37 heavy (non-hydrogen) atoms. The molecule has 0 radical (unpaired) electrons. The topological polar surface area (TPSA) is 114 Å². The Balaban J connectivity index is 1.71.